The van der Waals surface area contributed by atoms with E-state index in [2.05, 4.69) is 0 Å². The highest BCUT2D eigenvalue weighted by atomic mass is 16.7. The molecule has 0 heterocycles. The van der Waals surface area contributed by atoms with Crippen molar-refractivity contribution in [2.24, 2.45) is 0 Å². The van der Waals surface area contributed by atoms with Crippen molar-refractivity contribution >= 4 is 17.5 Å². The van der Waals surface area contributed by atoms with E-state index in [1.807, 2.05) is 0 Å². The Kier molecular flexibility index (Phi) is 5.40. The van der Waals surface area contributed by atoms with Crippen LogP contribution in [0.4, 0.5) is 16.2 Å². The first-order valence-corrected chi connectivity index (χ1v) is 6.73. The predicted octanol–water partition coefficient (Wildman–Crippen LogP) is 3.36. The summed E-state index contributed by atoms with van der Waals surface area (Å²) in [6.45, 7) is -0.681. The predicted molar refractivity (Wildman–Crippen MR) is 81.2 cm³/mol. The van der Waals surface area contributed by atoms with Gasteiger partial charge in [0.15, 0.2) is 0 Å². The van der Waals surface area contributed by atoms with Crippen molar-refractivity contribution in [2.75, 3.05) is 0 Å². The Morgan fingerprint density at radius 3 is 1.54 bits per heavy atom. The molecule has 0 N–H and O–H groups in total. The number of carbonyl (C=O) groups excluding carboxylic acids is 1. The molecule has 124 valence electrons. The van der Waals surface area contributed by atoms with E-state index in [4.69, 9.17) is 9.47 Å². The molecule has 0 amide bonds. The Hall–Kier alpha value is -3.49. The molecule has 0 atom stereocenters. The molecule has 2 rings (SSSR count). The number of nitro groups is 2. The van der Waals surface area contributed by atoms with Crippen LogP contribution in [0.1, 0.15) is 11.1 Å². The van der Waals surface area contributed by atoms with Crippen LogP contribution in [-0.4, -0.2) is 16.0 Å². The fraction of sp³-hybridized carbons (Fsp3) is 0.133. The molecular formula is C15H12N2O7. The lowest BCUT2D eigenvalue weighted by Crippen LogP contribution is -2.09. The summed E-state index contributed by atoms with van der Waals surface area (Å²) < 4.78 is 9.61. The smallest absolute Gasteiger partial charge is 0.429 e. The number of benzene rings is 2. The molecule has 0 radical (unpaired) electrons. The van der Waals surface area contributed by atoms with Crippen LogP contribution in [-0.2, 0) is 22.7 Å². The van der Waals surface area contributed by atoms with Gasteiger partial charge in [0.1, 0.15) is 13.2 Å². The van der Waals surface area contributed by atoms with Crippen molar-refractivity contribution < 1.29 is 24.1 Å². The van der Waals surface area contributed by atoms with Gasteiger partial charge in [-0.25, -0.2) is 4.79 Å². The second kappa shape index (κ2) is 7.68. The second-order valence-corrected chi connectivity index (χ2v) is 4.60. The quantitative estimate of drug-likeness (QED) is 0.451. The molecule has 0 saturated heterocycles. The summed E-state index contributed by atoms with van der Waals surface area (Å²) in [6.07, 6.45) is -1.08. The lowest BCUT2D eigenvalue weighted by molar-refractivity contribution is -0.385. The summed E-state index contributed by atoms with van der Waals surface area (Å²) in [4.78, 5) is 32.1. The maximum atomic E-state index is 11.6. The Morgan fingerprint density at radius 1 is 0.792 bits per heavy atom. The molecule has 2 aromatic carbocycles. The first-order valence-electron chi connectivity index (χ1n) is 6.73. The van der Waals surface area contributed by atoms with Crippen LogP contribution in [0.15, 0.2) is 48.5 Å². The largest absolute Gasteiger partial charge is 0.508 e. The average Bonchev–Trinajstić information content (AvgIpc) is 2.58. The van der Waals surface area contributed by atoms with Crippen molar-refractivity contribution in [2.45, 2.75) is 13.2 Å². The van der Waals surface area contributed by atoms with Crippen LogP contribution in [0.5, 0.6) is 0 Å². The van der Waals surface area contributed by atoms with Crippen LogP contribution in [0.25, 0.3) is 0 Å². The molecule has 0 aliphatic rings. The molecule has 0 aliphatic carbocycles. The third kappa shape index (κ3) is 4.26. The van der Waals surface area contributed by atoms with Crippen molar-refractivity contribution in [3.05, 3.63) is 79.9 Å². The van der Waals surface area contributed by atoms with Gasteiger partial charge in [0.2, 0.25) is 0 Å². The summed E-state index contributed by atoms with van der Waals surface area (Å²) in [5.74, 6) is 0. The number of nitro benzene ring substituents is 2. The van der Waals surface area contributed by atoms with E-state index in [9.17, 15) is 25.0 Å². The summed E-state index contributed by atoms with van der Waals surface area (Å²) in [5.41, 5.74) is 0.0725. The van der Waals surface area contributed by atoms with E-state index in [-0.39, 0.29) is 35.7 Å². The van der Waals surface area contributed by atoms with E-state index < -0.39 is 16.0 Å². The molecule has 9 heteroatoms. The van der Waals surface area contributed by atoms with Crippen molar-refractivity contribution in [1.29, 1.82) is 0 Å². The minimum Gasteiger partial charge on any atom is -0.429 e. The van der Waals surface area contributed by atoms with Gasteiger partial charge in [0, 0.05) is 12.1 Å². The SMILES string of the molecule is O=C(OCc1ccccc1[N+](=O)[O-])OCc1ccccc1[N+](=O)[O-]. The van der Waals surface area contributed by atoms with E-state index in [0.29, 0.717) is 0 Å². The number of para-hydroxylation sites is 2. The number of nitrogens with zero attached hydrogens (tertiary/aromatic N) is 2. The lowest BCUT2D eigenvalue weighted by Gasteiger charge is -2.07. The zero-order valence-corrected chi connectivity index (χ0v) is 12.3. The molecule has 24 heavy (non-hydrogen) atoms. The Morgan fingerprint density at radius 2 is 1.17 bits per heavy atom. The second-order valence-electron chi connectivity index (χ2n) is 4.60. The number of rotatable bonds is 6. The highest BCUT2D eigenvalue weighted by molar-refractivity contribution is 5.60. The standard InChI is InChI=1S/C15H12N2O7/c18-15(23-9-11-5-1-3-7-13(11)16(19)20)24-10-12-6-2-4-8-14(12)17(21)22/h1-8H,9-10H2. The van der Waals surface area contributed by atoms with Crippen LogP contribution in [0, 0.1) is 20.2 Å². The van der Waals surface area contributed by atoms with Gasteiger partial charge in [0.25, 0.3) is 11.4 Å². The fourth-order valence-electron chi connectivity index (χ4n) is 1.94. The molecule has 0 spiro atoms. The third-order valence-corrected chi connectivity index (χ3v) is 3.07. The fourth-order valence-corrected chi connectivity index (χ4v) is 1.94. The topological polar surface area (TPSA) is 122 Å². The number of carbonyl (C=O) groups is 1. The van der Waals surface area contributed by atoms with Crippen LogP contribution in [0.2, 0.25) is 0 Å². The monoisotopic (exact) mass is 332 g/mol. The Labute approximate surface area is 135 Å². The summed E-state index contributed by atoms with van der Waals surface area (Å²) in [6, 6.07) is 11.6. The average molecular weight is 332 g/mol. The molecule has 9 nitrogen and oxygen atoms in total. The van der Waals surface area contributed by atoms with Crippen molar-refractivity contribution in [3.63, 3.8) is 0 Å². The summed E-state index contributed by atoms with van der Waals surface area (Å²) in [5, 5.41) is 21.7. The molecule has 0 bridgehead atoms. The van der Waals surface area contributed by atoms with E-state index >= 15 is 0 Å². The molecule has 0 aromatic heterocycles. The van der Waals surface area contributed by atoms with Crippen molar-refractivity contribution in [1.82, 2.24) is 0 Å². The molecule has 0 aliphatic heterocycles. The summed E-state index contributed by atoms with van der Waals surface area (Å²) in [7, 11) is 0. The zero-order valence-electron chi connectivity index (χ0n) is 12.3. The summed E-state index contributed by atoms with van der Waals surface area (Å²) >= 11 is 0. The van der Waals surface area contributed by atoms with Gasteiger partial charge in [-0.15, -0.1) is 0 Å². The van der Waals surface area contributed by atoms with E-state index in [1.54, 1.807) is 12.1 Å². The van der Waals surface area contributed by atoms with Crippen LogP contribution in [0.3, 0.4) is 0 Å². The van der Waals surface area contributed by atoms with Gasteiger partial charge in [-0.3, -0.25) is 20.2 Å². The number of hydrogen-bond donors (Lipinski definition) is 0. The maximum Gasteiger partial charge on any atom is 0.508 e. The van der Waals surface area contributed by atoms with Crippen LogP contribution < -0.4 is 0 Å². The van der Waals surface area contributed by atoms with Gasteiger partial charge >= 0.3 is 6.16 Å². The molecule has 0 saturated carbocycles. The first kappa shape index (κ1) is 16.9. The molecular weight excluding hydrogens is 320 g/mol. The lowest BCUT2D eigenvalue weighted by atomic mass is 10.2. The van der Waals surface area contributed by atoms with Crippen LogP contribution >= 0.6 is 0 Å². The number of ether oxygens (including phenoxy) is 2. The first-order chi connectivity index (χ1) is 11.5. The highest BCUT2D eigenvalue weighted by Gasteiger charge is 2.17. The maximum absolute atomic E-state index is 11.6. The minimum atomic E-state index is -1.08. The molecule has 2 aromatic rings. The normalized spacial score (nSPS) is 10.0. The Bertz CT molecular complexity index is 712. The highest BCUT2D eigenvalue weighted by Crippen LogP contribution is 2.20. The van der Waals surface area contributed by atoms with Gasteiger partial charge in [-0.1, -0.05) is 24.3 Å². The molecule has 0 unspecified atom stereocenters. The van der Waals surface area contributed by atoms with Gasteiger partial charge in [0.05, 0.1) is 21.0 Å². The van der Waals surface area contributed by atoms with E-state index in [0.717, 1.165) is 0 Å². The number of hydrogen-bond acceptors (Lipinski definition) is 7. The minimum absolute atomic E-state index is 0.177. The third-order valence-electron chi connectivity index (χ3n) is 3.07. The zero-order chi connectivity index (χ0) is 17.5. The molecule has 0 fully saturated rings. The van der Waals surface area contributed by atoms with Gasteiger partial charge in [-0.2, -0.15) is 0 Å². The van der Waals surface area contributed by atoms with Crippen molar-refractivity contribution in [3.8, 4) is 0 Å². The Balaban J connectivity index is 1.93. The van der Waals surface area contributed by atoms with E-state index in [1.165, 1.54) is 36.4 Å². The van der Waals surface area contributed by atoms with Gasteiger partial charge in [-0.05, 0) is 12.1 Å². The van der Waals surface area contributed by atoms with Gasteiger partial charge < -0.3 is 9.47 Å².